The lowest BCUT2D eigenvalue weighted by molar-refractivity contribution is 0.174. The highest BCUT2D eigenvalue weighted by molar-refractivity contribution is 14.0. The Morgan fingerprint density at radius 3 is 2.75 bits per heavy atom. The normalized spacial score (nSPS) is 17.7. The molecule has 2 aliphatic heterocycles. The fourth-order valence-electron chi connectivity index (χ4n) is 3.48. The summed E-state index contributed by atoms with van der Waals surface area (Å²) in [6.45, 7) is 8.03. The maximum atomic E-state index is 5.43. The molecule has 0 atom stereocenters. The Labute approximate surface area is 185 Å². The van der Waals surface area contributed by atoms with Crippen LogP contribution in [0.15, 0.2) is 23.2 Å². The average Bonchev–Trinajstić information content (AvgIpc) is 3.05. The molecule has 0 radical (unpaired) electrons. The second-order valence-corrected chi connectivity index (χ2v) is 7.22. The Kier molecular flexibility index (Phi) is 10.1. The summed E-state index contributed by atoms with van der Waals surface area (Å²) in [5.74, 6) is 2.54. The van der Waals surface area contributed by atoms with E-state index in [-0.39, 0.29) is 24.0 Å². The second-order valence-electron chi connectivity index (χ2n) is 7.22. The molecule has 0 amide bonds. The summed E-state index contributed by atoms with van der Waals surface area (Å²) in [4.78, 5) is 9.31. The third-order valence-electron chi connectivity index (χ3n) is 5.12. The van der Waals surface area contributed by atoms with Crippen molar-refractivity contribution >= 4 is 29.9 Å². The van der Waals surface area contributed by atoms with E-state index in [1.165, 1.54) is 38.2 Å². The van der Waals surface area contributed by atoms with Gasteiger partial charge in [0.05, 0.1) is 0 Å². The molecule has 0 spiro atoms. The predicted molar refractivity (Wildman–Crippen MR) is 124 cm³/mol. The molecule has 0 bridgehead atoms. The molecule has 0 aliphatic carbocycles. The molecular weight excluding hydrogens is 469 g/mol. The van der Waals surface area contributed by atoms with Gasteiger partial charge in [0.25, 0.3) is 0 Å². The smallest absolute Gasteiger partial charge is 0.231 e. The molecule has 1 fully saturated rings. The summed E-state index contributed by atoms with van der Waals surface area (Å²) in [7, 11) is 4.03. The number of fused-ring (bicyclic) bond motifs is 1. The minimum atomic E-state index is 0. The molecule has 2 N–H and O–H groups in total. The van der Waals surface area contributed by atoms with Gasteiger partial charge in [-0.1, -0.05) is 6.07 Å². The van der Waals surface area contributed by atoms with Gasteiger partial charge in [0.2, 0.25) is 6.79 Å². The second kappa shape index (κ2) is 12.3. The molecule has 1 aromatic carbocycles. The van der Waals surface area contributed by atoms with E-state index in [0.29, 0.717) is 6.79 Å². The minimum absolute atomic E-state index is 0. The molecule has 0 aromatic heterocycles. The number of benzene rings is 1. The van der Waals surface area contributed by atoms with Crippen LogP contribution >= 0.6 is 24.0 Å². The van der Waals surface area contributed by atoms with Gasteiger partial charge in [0.15, 0.2) is 17.5 Å². The fraction of sp³-hybridized carbons (Fsp3) is 0.650. The Morgan fingerprint density at radius 1 is 1.07 bits per heavy atom. The number of nitrogens with one attached hydrogen (secondary N) is 2. The van der Waals surface area contributed by atoms with Crippen LogP contribution in [-0.4, -0.2) is 82.5 Å². The molecule has 1 aromatic rings. The van der Waals surface area contributed by atoms with Crippen LogP contribution in [0.3, 0.4) is 0 Å². The zero-order valence-corrected chi connectivity index (χ0v) is 19.4. The van der Waals surface area contributed by atoms with Crippen molar-refractivity contribution in [1.82, 2.24) is 20.4 Å². The molecule has 158 valence electrons. The lowest BCUT2D eigenvalue weighted by Crippen LogP contribution is -2.39. The monoisotopic (exact) mass is 503 g/mol. The summed E-state index contributed by atoms with van der Waals surface area (Å²) in [5.41, 5.74) is 1.23. The van der Waals surface area contributed by atoms with E-state index < -0.39 is 0 Å². The summed E-state index contributed by atoms with van der Waals surface area (Å²) >= 11 is 0. The van der Waals surface area contributed by atoms with Gasteiger partial charge in [-0.25, -0.2) is 0 Å². The number of hydrogen-bond acceptors (Lipinski definition) is 5. The lowest BCUT2D eigenvalue weighted by Gasteiger charge is -2.20. The fourth-order valence-corrected chi connectivity index (χ4v) is 3.48. The highest BCUT2D eigenvalue weighted by Crippen LogP contribution is 2.32. The van der Waals surface area contributed by atoms with E-state index in [4.69, 9.17) is 9.47 Å². The van der Waals surface area contributed by atoms with Crippen LogP contribution in [0.1, 0.15) is 18.4 Å². The molecule has 0 saturated carbocycles. The SMILES string of the molecule is CN=C(NCCCN1CCCN(C)CC1)NCCc1ccc2c(c1)OCO2.I. The minimum Gasteiger partial charge on any atom is -0.454 e. The number of ether oxygens (including phenoxy) is 2. The molecule has 0 unspecified atom stereocenters. The number of hydrogen-bond donors (Lipinski definition) is 2. The van der Waals surface area contributed by atoms with Gasteiger partial charge in [0, 0.05) is 33.2 Å². The van der Waals surface area contributed by atoms with Gasteiger partial charge < -0.3 is 29.9 Å². The molecular formula is C20H34IN5O2. The van der Waals surface area contributed by atoms with Crippen molar-refractivity contribution in [3.05, 3.63) is 23.8 Å². The molecule has 8 heteroatoms. The summed E-state index contributed by atoms with van der Waals surface area (Å²) in [6, 6.07) is 6.12. The Morgan fingerprint density at radius 2 is 1.89 bits per heavy atom. The van der Waals surface area contributed by atoms with Crippen molar-refractivity contribution in [2.45, 2.75) is 19.3 Å². The van der Waals surface area contributed by atoms with Crippen LogP contribution in [0, 0.1) is 0 Å². The Bertz CT molecular complexity index is 629. The van der Waals surface area contributed by atoms with E-state index in [2.05, 4.69) is 44.6 Å². The van der Waals surface area contributed by atoms with Gasteiger partial charge in [-0.15, -0.1) is 24.0 Å². The van der Waals surface area contributed by atoms with E-state index >= 15 is 0 Å². The topological polar surface area (TPSA) is 61.4 Å². The number of guanidine groups is 1. The first-order valence-corrected chi connectivity index (χ1v) is 9.98. The van der Waals surface area contributed by atoms with Crippen molar-refractivity contribution in [2.24, 2.45) is 4.99 Å². The lowest BCUT2D eigenvalue weighted by atomic mass is 10.1. The third kappa shape index (κ3) is 7.29. The first-order chi connectivity index (χ1) is 13.2. The summed E-state index contributed by atoms with van der Waals surface area (Å²) in [5, 5.41) is 6.80. The van der Waals surface area contributed by atoms with Crippen LogP contribution in [0.5, 0.6) is 11.5 Å². The summed E-state index contributed by atoms with van der Waals surface area (Å²) in [6.07, 6.45) is 3.32. The predicted octanol–water partition coefficient (Wildman–Crippen LogP) is 1.77. The van der Waals surface area contributed by atoms with E-state index in [1.54, 1.807) is 0 Å². The first-order valence-electron chi connectivity index (χ1n) is 9.98. The number of rotatable bonds is 7. The van der Waals surface area contributed by atoms with Gasteiger partial charge in [-0.2, -0.15) is 0 Å². The number of nitrogens with zero attached hydrogens (tertiary/aromatic N) is 3. The zero-order chi connectivity index (χ0) is 18.9. The Balaban J connectivity index is 0.00000280. The van der Waals surface area contributed by atoms with Crippen LogP contribution < -0.4 is 20.1 Å². The molecule has 2 heterocycles. The van der Waals surface area contributed by atoms with Crippen molar-refractivity contribution < 1.29 is 9.47 Å². The molecule has 1 saturated heterocycles. The van der Waals surface area contributed by atoms with Gasteiger partial charge in [-0.05, 0) is 63.6 Å². The quantitative estimate of drug-likeness (QED) is 0.256. The number of likely N-dealkylation sites (N-methyl/N-ethyl adjacent to an activating group) is 1. The highest BCUT2D eigenvalue weighted by Gasteiger charge is 2.13. The molecule has 3 rings (SSSR count). The summed E-state index contributed by atoms with van der Waals surface area (Å²) < 4.78 is 10.8. The maximum Gasteiger partial charge on any atom is 0.231 e. The molecule has 28 heavy (non-hydrogen) atoms. The van der Waals surface area contributed by atoms with Crippen LogP contribution in [0.25, 0.3) is 0 Å². The van der Waals surface area contributed by atoms with Crippen LogP contribution in [0.2, 0.25) is 0 Å². The standard InChI is InChI=1S/C20H33N5O2.HI/c1-21-20(22-8-3-11-25-12-4-10-24(2)13-14-25)23-9-7-17-5-6-18-19(15-17)27-16-26-18;/h5-6,15H,3-4,7-14,16H2,1-2H3,(H2,21,22,23);1H. The average molecular weight is 503 g/mol. The van der Waals surface area contributed by atoms with Gasteiger partial charge >= 0.3 is 0 Å². The van der Waals surface area contributed by atoms with E-state index in [0.717, 1.165) is 49.9 Å². The number of halogens is 1. The van der Waals surface area contributed by atoms with Crippen molar-refractivity contribution in [2.75, 3.05) is 66.7 Å². The van der Waals surface area contributed by atoms with Crippen LogP contribution in [0.4, 0.5) is 0 Å². The molecule has 2 aliphatic rings. The van der Waals surface area contributed by atoms with E-state index in [1.807, 2.05) is 13.1 Å². The van der Waals surface area contributed by atoms with Gasteiger partial charge in [0.1, 0.15) is 0 Å². The zero-order valence-electron chi connectivity index (χ0n) is 17.1. The van der Waals surface area contributed by atoms with E-state index in [9.17, 15) is 0 Å². The Hall–Kier alpha value is -1.26. The van der Waals surface area contributed by atoms with Gasteiger partial charge in [-0.3, -0.25) is 4.99 Å². The first kappa shape index (κ1) is 23.0. The third-order valence-corrected chi connectivity index (χ3v) is 5.12. The maximum absolute atomic E-state index is 5.43. The number of aliphatic imine (C=N–C) groups is 1. The van der Waals surface area contributed by atoms with Crippen molar-refractivity contribution in [3.8, 4) is 11.5 Å². The van der Waals surface area contributed by atoms with Crippen molar-refractivity contribution in [3.63, 3.8) is 0 Å². The molecule has 7 nitrogen and oxygen atoms in total. The van der Waals surface area contributed by atoms with Crippen LogP contribution in [-0.2, 0) is 6.42 Å². The largest absolute Gasteiger partial charge is 0.454 e. The highest BCUT2D eigenvalue weighted by atomic mass is 127. The van der Waals surface area contributed by atoms with Crippen molar-refractivity contribution in [1.29, 1.82) is 0 Å².